The van der Waals surface area contributed by atoms with Crippen molar-refractivity contribution in [2.75, 3.05) is 5.75 Å². The molecule has 7 heteroatoms. The molecule has 0 aliphatic rings. The number of nitrogens with zero attached hydrogens (tertiary/aromatic N) is 1. The van der Waals surface area contributed by atoms with Crippen molar-refractivity contribution in [1.82, 2.24) is 9.71 Å². The van der Waals surface area contributed by atoms with Gasteiger partial charge in [-0.25, -0.2) is 8.42 Å². The van der Waals surface area contributed by atoms with Crippen LogP contribution in [0.25, 0.3) is 0 Å². The highest BCUT2D eigenvalue weighted by Crippen LogP contribution is 2.00. The van der Waals surface area contributed by atoms with Crippen LogP contribution < -0.4 is 4.72 Å². The molecular weight excluding hydrogens is 268 g/mol. The van der Waals surface area contributed by atoms with E-state index in [1.165, 1.54) is 0 Å². The summed E-state index contributed by atoms with van der Waals surface area (Å²) < 4.78 is 25.5. The number of aliphatic carboxylic acids is 1. The van der Waals surface area contributed by atoms with Crippen LogP contribution in [0.5, 0.6) is 0 Å². The molecule has 1 rings (SSSR count). The Morgan fingerprint density at radius 1 is 1.53 bits per heavy atom. The highest BCUT2D eigenvalue weighted by atomic mass is 32.2. The summed E-state index contributed by atoms with van der Waals surface area (Å²) in [7, 11) is -3.71. The van der Waals surface area contributed by atoms with E-state index in [0.717, 1.165) is 0 Å². The average Bonchev–Trinajstić information content (AvgIpc) is 2.37. The predicted molar refractivity (Wildman–Crippen MR) is 69.7 cm³/mol. The van der Waals surface area contributed by atoms with E-state index < -0.39 is 22.0 Å². The van der Waals surface area contributed by atoms with Gasteiger partial charge in [-0.3, -0.25) is 9.78 Å². The van der Waals surface area contributed by atoms with Gasteiger partial charge in [0.05, 0.1) is 5.75 Å². The van der Waals surface area contributed by atoms with Gasteiger partial charge < -0.3 is 5.11 Å². The molecule has 0 saturated heterocycles. The summed E-state index contributed by atoms with van der Waals surface area (Å²) in [5.41, 5.74) is 0.622. The van der Waals surface area contributed by atoms with Gasteiger partial charge in [-0.05, 0) is 12.1 Å². The lowest BCUT2D eigenvalue weighted by molar-refractivity contribution is -0.138. The summed E-state index contributed by atoms with van der Waals surface area (Å²) in [5, 5.41) is 8.82. The Bertz CT molecular complexity index is 563. The van der Waals surface area contributed by atoms with Crippen molar-refractivity contribution in [3.8, 4) is 12.3 Å². The van der Waals surface area contributed by atoms with Crippen LogP contribution in [0, 0.1) is 12.3 Å². The molecule has 6 nitrogen and oxygen atoms in total. The fourth-order valence-corrected chi connectivity index (χ4v) is 2.57. The standard InChI is InChI=1S/C12H14N2O4S/c1-2-5-11(12(15)16)14-19(17,18)9-7-10-6-3-4-8-13-10/h1,3-4,6,8,11,14H,5,7,9H2,(H,15,16). The first-order chi connectivity index (χ1) is 8.94. The second-order valence-electron chi connectivity index (χ2n) is 3.81. The highest BCUT2D eigenvalue weighted by Gasteiger charge is 2.22. The zero-order valence-corrected chi connectivity index (χ0v) is 10.9. The van der Waals surface area contributed by atoms with Crippen molar-refractivity contribution >= 4 is 16.0 Å². The average molecular weight is 282 g/mol. The maximum Gasteiger partial charge on any atom is 0.322 e. The summed E-state index contributed by atoms with van der Waals surface area (Å²) in [6.07, 6.45) is 6.57. The smallest absolute Gasteiger partial charge is 0.322 e. The third-order valence-electron chi connectivity index (χ3n) is 2.29. The zero-order valence-electron chi connectivity index (χ0n) is 10.1. The summed E-state index contributed by atoms with van der Waals surface area (Å²) in [4.78, 5) is 14.8. The molecule has 0 bridgehead atoms. The number of hydrogen-bond donors (Lipinski definition) is 2. The summed E-state index contributed by atoms with van der Waals surface area (Å²) in [6.45, 7) is 0. The van der Waals surface area contributed by atoms with Crippen molar-refractivity contribution in [2.24, 2.45) is 0 Å². The lowest BCUT2D eigenvalue weighted by Gasteiger charge is -2.12. The van der Waals surface area contributed by atoms with Crippen LogP contribution in [-0.4, -0.2) is 36.3 Å². The number of sulfonamides is 1. The molecule has 1 aromatic rings. The molecule has 1 unspecified atom stereocenters. The number of carboxylic acids is 1. The predicted octanol–water partition coefficient (Wildman–Crippen LogP) is 0.0200. The van der Waals surface area contributed by atoms with E-state index in [2.05, 4.69) is 15.6 Å². The molecule has 0 radical (unpaired) electrons. The fraction of sp³-hybridized carbons (Fsp3) is 0.333. The zero-order chi connectivity index (χ0) is 14.3. The number of aryl methyl sites for hydroxylation is 1. The van der Waals surface area contributed by atoms with Crippen LogP contribution >= 0.6 is 0 Å². The molecule has 1 heterocycles. The lowest BCUT2D eigenvalue weighted by Crippen LogP contribution is -2.41. The van der Waals surface area contributed by atoms with Gasteiger partial charge in [0, 0.05) is 24.7 Å². The molecule has 0 spiro atoms. The van der Waals surface area contributed by atoms with Crippen molar-refractivity contribution in [3.63, 3.8) is 0 Å². The fourth-order valence-electron chi connectivity index (χ4n) is 1.36. The largest absolute Gasteiger partial charge is 0.480 e. The van der Waals surface area contributed by atoms with Crippen molar-refractivity contribution in [3.05, 3.63) is 30.1 Å². The second-order valence-corrected chi connectivity index (χ2v) is 5.68. The number of nitrogens with one attached hydrogen (secondary N) is 1. The van der Waals surface area contributed by atoms with E-state index in [0.29, 0.717) is 5.69 Å². The molecule has 1 atom stereocenters. The monoisotopic (exact) mass is 282 g/mol. The summed E-state index contributed by atoms with van der Waals surface area (Å²) in [5.74, 6) is 0.595. The van der Waals surface area contributed by atoms with Crippen LogP contribution in [-0.2, 0) is 21.2 Å². The number of carboxylic acid groups (broad SMARTS) is 1. The quantitative estimate of drug-likeness (QED) is 0.687. The molecule has 19 heavy (non-hydrogen) atoms. The first-order valence-corrected chi connectivity index (χ1v) is 7.16. The van der Waals surface area contributed by atoms with Crippen molar-refractivity contribution < 1.29 is 18.3 Å². The van der Waals surface area contributed by atoms with Crippen LogP contribution in [0.1, 0.15) is 12.1 Å². The molecule has 102 valence electrons. The number of terminal acetylenes is 1. The van der Waals surface area contributed by atoms with E-state index in [1.54, 1.807) is 24.4 Å². The van der Waals surface area contributed by atoms with Gasteiger partial charge >= 0.3 is 5.97 Å². The van der Waals surface area contributed by atoms with E-state index in [-0.39, 0.29) is 18.6 Å². The Balaban J connectivity index is 2.61. The van der Waals surface area contributed by atoms with Gasteiger partial charge in [-0.15, -0.1) is 12.3 Å². The molecule has 1 aromatic heterocycles. The van der Waals surface area contributed by atoms with E-state index >= 15 is 0 Å². The number of carbonyl (C=O) groups is 1. The molecule has 0 amide bonds. The Hall–Kier alpha value is -1.91. The maximum absolute atomic E-state index is 11.7. The Labute approximate surface area is 111 Å². The van der Waals surface area contributed by atoms with Gasteiger partial charge in [0.1, 0.15) is 6.04 Å². The number of rotatable bonds is 7. The third kappa shape index (κ3) is 5.50. The van der Waals surface area contributed by atoms with Gasteiger partial charge in [0.15, 0.2) is 0 Å². The Morgan fingerprint density at radius 3 is 2.79 bits per heavy atom. The van der Waals surface area contributed by atoms with Crippen LogP contribution in [0.15, 0.2) is 24.4 Å². The van der Waals surface area contributed by atoms with E-state index in [4.69, 9.17) is 11.5 Å². The Morgan fingerprint density at radius 2 is 2.26 bits per heavy atom. The number of aromatic nitrogens is 1. The van der Waals surface area contributed by atoms with E-state index in [9.17, 15) is 13.2 Å². The molecular formula is C12H14N2O4S. The topological polar surface area (TPSA) is 96.4 Å². The SMILES string of the molecule is C#CCC(NS(=O)(=O)CCc1ccccn1)C(=O)O. The van der Waals surface area contributed by atoms with Gasteiger partial charge in [-0.2, -0.15) is 4.72 Å². The van der Waals surface area contributed by atoms with Crippen LogP contribution in [0.3, 0.4) is 0 Å². The second kappa shape index (κ2) is 6.87. The summed E-state index contributed by atoms with van der Waals surface area (Å²) >= 11 is 0. The molecule has 0 saturated carbocycles. The van der Waals surface area contributed by atoms with Crippen molar-refractivity contribution in [2.45, 2.75) is 18.9 Å². The van der Waals surface area contributed by atoms with Crippen LogP contribution in [0.4, 0.5) is 0 Å². The number of pyridine rings is 1. The molecule has 0 aliphatic carbocycles. The van der Waals surface area contributed by atoms with Gasteiger partial charge in [0.25, 0.3) is 0 Å². The normalized spacial score (nSPS) is 12.6. The minimum Gasteiger partial charge on any atom is -0.480 e. The highest BCUT2D eigenvalue weighted by molar-refractivity contribution is 7.89. The minimum atomic E-state index is -3.71. The first kappa shape index (κ1) is 15.1. The summed E-state index contributed by atoms with van der Waals surface area (Å²) in [6, 6.07) is 3.88. The third-order valence-corrected chi connectivity index (χ3v) is 3.68. The minimum absolute atomic E-state index is 0.196. The molecule has 0 fully saturated rings. The Kier molecular flexibility index (Phi) is 5.48. The molecule has 2 N–H and O–H groups in total. The molecule has 0 aromatic carbocycles. The van der Waals surface area contributed by atoms with Gasteiger partial charge in [0.2, 0.25) is 10.0 Å². The van der Waals surface area contributed by atoms with E-state index in [1.807, 2.05) is 0 Å². The van der Waals surface area contributed by atoms with Crippen molar-refractivity contribution in [1.29, 1.82) is 0 Å². The maximum atomic E-state index is 11.7. The molecule has 0 aliphatic heterocycles. The first-order valence-electron chi connectivity index (χ1n) is 5.51. The number of hydrogen-bond acceptors (Lipinski definition) is 4. The van der Waals surface area contributed by atoms with Crippen LogP contribution in [0.2, 0.25) is 0 Å². The van der Waals surface area contributed by atoms with Gasteiger partial charge in [-0.1, -0.05) is 6.07 Å². The lowest BCUT2D eigenvalue weighted by atomic mass is 10.2.